The molecular formula is C9H13N3O. The Morgan fingerprint density at radius 1 is 1.54 bits per heavy atom. The van der Waals surface area contributed by atoms with Gasteiger partial charge in [-0.25, -0.2) is 4.98 Å². The van der Waals surface area contributed by atoms with Crippen molar-refractivity contribution in [1.29, 1.82) is 5.26 Å². The quantitative estimate of drug-likeness (QED) is 0.655. The molecule has 1 rings (SSSR count). The minimum atomic E-state index is 0.389. The maximum absolute atomic E-state index is 8.43. The highest BCUT2D eigenvalue weighted by Crippen LogP contribution is 2.09. The highest BCUT2D eigenvalue weighted by atomic mass is 16.4. The Kier molecular flexibility index (Phi) is 3.04. The highest BCUT2D eigenvalue weighted by Gasteiger charge is 2.07. The van der Waals surface area contributed by atoms with E-state index >= 15 is 0 Å². The third kappa shape index (κ3) is 2.56. The molecule has 0 unspecified atom stereocenters. The predicted molar refractivity (Wildman–Crippen MR) is 47.9 cm³/mol. The van der Waals surface area contributed by atoms with E-state index in [-0.39, 0.29) is 0 Å². The number of nitrogens with zero attached hydrogens (tertiary/aromatic N) is 3. The number of rotatable bonds is 3. The van der Waals surface area contributed by atoms with Gasteiger partial charge < -0.3 is 4.42 Å². The molecule has 0 saturated heterocycles. The molecule has 0 aromatic carbocycles. The van der Waals surface area contributed by atoms with E-state index in [1.807, 2.05) is 25.8 Å². The van der Waals surface area contributed by atoms with Gasteiger partial charge >= 0.3 is 0 Å². The normalized spacial score (nSPS) is 10.4. The van der Waals surface area contributed by atoms with Crippen molar-refractivity contribution in [3.05, 3.63) is 17.3 Å². The van der Waals surface area contributed by atoms with Gasteiger partial charge in [-0.1, -0.05) is 0 Å². The molecule has 0 aliphatic carbocycles. The smallest absolute Gasteiger partial charge is 0.208 e. The monoisotopic (exact) mass is 179 g/mol. The van der Waals surface area contributed by atoms with Crippen LogP contribution in [0.2, 0.25) is 0 Å². The fourth-order valence-electron chi connectivity index (χ4n) is 1.01. The number of oxazole rings is 1. The van der Waals surface area contributed by atoms with Gasteiger partial charge in [0, 0.05) is 0 Å². The van der Waals surface area contributed by atoms with E-state index in [0.29, 0.717) is 19.0 Å². The van der Waals surface area contributed by atoms with Gasteiger partial charge in [-0.3, -0.25) is 4.90 Å². The molecule has 1 aromatic heterocycles. The van der Waals surface area contributed by atoms with Crippen molar-refractivity contribution in [2.45, 2.75) is 20.4 Å². The topological polar surface area (TPSA) is 53.1 Å². The van der Waals surface area contributed by atoms with Crippen molar-refractivity contribution in [1.82, 2.24) is 9.88 Å². The largest absolute Gasteiger partial charge is 0.444 e. The SMILES string of the molecule is Cc1nc(CN(C)CC#N)oc1C. The molecule has 0 N–H and O–H groups in total. The standard InChI is InChI=1S/C9H13N3O/c1-7-8(2)13-9(11-7)6-12(3)5-4-10/h5-6H2,1-3H3. The number of hydrogen-bond donors (Lipinski definition) is 0. The molecule has 13 heavy (non-hydrogen) atoms. The van der Waals surface area contributed by atoms with Crippen LogP contribution in [-0.4, -0.2) is 23.5 Å². The molecular weight excluding hydrogens is 166 g/mol. The summed E-state index contributed by atoms with van der Waals surface area (Å²) in [5.41, 5.74) is 0.917. The summed E-state index contributed by atoms with van der Waals surface area (Å²) in [6.45, 7) is 4.77. The van der Waals surface area contributed by atoms with Crippen molar-refractivity contribution < 1.29 is 4.42 Å². The predicted octanol–water partition coefficient (Wildman–Crippen LogP) is 1.25. The maximum Gasteiger partial charge on any atom is 0.208 e. The summed E-state index contributed by atoms with van der Waals surface area (Å²) in [4.78, 5) is 6.07. The van der Waals surface area contributed by atoms with E-state index in [2.05, 4.69) is 11.1 Å². The van der Waals surface area contributed by atoms with Crippen LogP contribution in [0.15, 0.2) is 4.42 Å². The first-order valence-corrected chi connectivity index (χ1v) is 4.12. The van der Waals surface area contributed by atoms with Crippen LogP contribution in [0, 0.1) is 25.2 Å². The Bertz CT molecular complexity index is 305. The number of hydrogen-bond acceptors (Lipinski definition) is 4. The van der Waals surface area contributed by atoms with Crippen LogP contribution >= 0.6 is 0 Å². The first-order chi connectivity index (χ1) is 6.13. The minimum absolute atomic E-state index is 0.389. The minimum Gasteiger partial charge on any atom is -0.444 e. The molecule has 0 aliphatic heterocycles. The Balaban J connectivity index is 2.60. The van der Waals surface area contributed by atoms with Gasteiger partial charge in [-0.2, -0.15) is 5.26 Å². The van der Waals surface area contributed by atoms with E-state index in [1.54, 1.807) is 0 Å². The van der Waals surface area contributed by atoms with Crippen LogP contribution in [0.4, 0.5) is 0 Å². The van der Waals surface area contributed by atoms with E-state index in [0.717, 1.165) is 11.5 Å². The van der Waals surface area contributed by atoms with Gasteiger partial charge in [0.25, 0.3) is 0 Å². The van der Waals surface area contributed by atoms with Crippen molar-refractivity contribution >= 4 is 0 Å². The van der Waals surface area contributed by atoms with Crippen molar-refractivity contribution in [3.63, 3.8) is 0 Å². The summed E-state index contributed by atoms with van der Waals surface area (Å²) in [6.07, 6.45) is 0. The molecule has 0 radical (unpaired) electrons. The van der Waals surface area contributed by atoms with Gasteiger partial charge in [0.1, 0.15) is 5.76 Å². The molecule has 70 valence electrons. The molecule has 4 nitrogen and oxygen atoms in total. The first-order valence-electron chi connectivity index (χ1n) is 4.12. The number of aryl methyl sites for hydroxylation is 2. The molecule has 1 aromatic rings. The molecule has 0 spiro atoms. The average molecular weight is 179 g/mol. The zero-order valence-corrected chi connectivity index (χ0v) is 8.16. The van der Waals surface area contributed by atoms with E-state index in [9.17, 15) is 0 Å². The fraction of sp³-hybridized carbons (Fsp3) is 0.556. The summed E-state index contributed by atoms with van der Waals surface area (Å²) < 4.78 is 5.37. The van der Waals surface area contributed by atoms with E-state index in [1.165, 1.54) is 0 Å². The van der Waals surface area contributed by atoms with Crippen molar-refractivity contribution in [2.75, 3.05) is 13.6 Å². The molecule has 0 atom stereocenters. The van der Waals surface area contributed by atoms with Gasteiger partial charge in [0.05, 0.1) is 24.9 Å². The highest BCUT2D eigenvalue weighted by molar-refractivity contribution is 5.05. The van der Waals surface area contributed by atoms with Gasteiger partial charge in [-0.05, 0) is 20.9 Å². The van der Waals surface area contributed by atoms with E-state index in [4.69, 9.17) is 9.68 Å². The summed E-state index contributed by atoms with van der Waals surface area (Å²) in [5, 5.41) is 8.43. The lowest BCUT2D eigenvalue weighted by Gasteiger charge is -2.07. The molecule has 0 aliphatic rings. The summed E-state index contributed by atoms with van der Waals surface area (Å²) >= 11 is 0. The maximum atomic E-state index is 8.43. The molecule has 4 heteroatoms. The molecule has 0 fully saturated rings. The van der Waals surface area contributed by atoms with Crippen molar-refractivity contribution in [2.24, 2.45) is 0 Å². The van der Waals surface area contributed by atoms with Crippen molar-refractivity contribution in [3.8, 4) is 6.07 Å². The summed E-state index contributed by atoms with van der Waals surface area (Å²) in [5.74, 6) is 1.52. The van der Waals surface area contributed by atoms with Crippen LogP contribution in [0.25, 0.3) is 0 Å². The first kappa shape index (κ1) is 9.75. The zero-order chi connectivity index (χ0) is 9.84. The Hall–Kier alpha value is -1.34. The average Bonchev–Trinajstić information content (AvgIpc) is 2.31. The second kappa shape index (κ2) is 4.06. The summed E-state index contributed by atoms with van der Waals surface area (Å²) in [6, 6.07) is 2.07. The third-order valence-corrected chi connectivity index (χ3v) is 1.82. The summed E-state index contributed by atoms with van der Waals surface area (Å²) in [7, 11) is 1.86. The van der Waals surface area contributed by atoms with Crippen LogP contribution < -0.4 is 0 Å². The molecule has 0 bridgehead atoms. The fourth-order valence-corrected chi connectivity index (χ4v) is 1.01. The Morgan fingerprint density at radius 2 is 2.23 bits per heavy atom. The van der Waals surface area contributed by atoms with Gasteiger partial charge in [0.2, 0.25) is 5.89 Å². The van der Waals surface area contributed by atoms with Gasteiger partial charge in [-0.15, -0.1) is 0 Å². The van der Waals surface area contributed by atoms with Crippen LogP contribution in [0.1, 0.15) is 17.3 Å². The lowest BCUT2D eigenvalue weighted by molar-refractivity contribution is 0.313. The van der Waals surface area contributed by atoms with Crippen LogP contribution in [0.3, 0.4) is 0 Å². The third-order valence-electron chi connectivity index (χ3n) is 1.82. The Labute approximate surface area is 77.8 Å². The zero-order valence-electron chi connectivity index (χ0n) is 8.16. The van der Waals surface area contributed by atoms with Crippen LogP contribution in [0.5, 0.6) is 0 Å². The lowest BCUT2D eigenvalue weighted by atomic mass is 10.4. The number of nitriles is 1. The van der Waals surface area contributed by atoms with Crippen LogP contribution in [-0.2, 0) is 6.54 Å². The lowest BCUT2D eigenvalue weighted by Crippen LogP contribution is -2.17. The molecule has 0 saturated carbocycles. The van der Waals surface area contributed by atoms with Gasteiger partial charge in [0.15, 0.2) is 0 Å². The second-order valence-electron chi connectivity index (χ2n) is 3.08. The number of aromatic nitrogens is 1. The van der Waals surface area contributed by atoms with E-state index < -0.39 is 0 Å². The molecule has 0 amide bonds. The molecule has 1 heterocycles. The second-order valence-corrected chi connectivity index (χ2v) is 3.08. The Morgan fingerprint density at radius 3 is 2.69 bits per heavy atom.